The van der Waals surface area contributed by atoms with Crippen molar-refractivity contribution < 1.29 is 14.3 Å². The zero-order valence-corrected chi connectivity index (χ0v) is 16.4. The summed E-state index contributed by atoms with van der Waals surface area (Å²) in [5.74, 6) is -1.00. The Balaban J connectivity index is 1.73. The fraction of sp³-hybridized carbons (Fsp3) is 0.273. The molecule has 1 aromatic heterocycles. The fourth-order valence-corrected chi connectivity index (χ4v) is 3.15. The van der Waals surface area contributed by atoms with Gasteiger partial charge in [0.1, 0.15) is 6.54 Å². The topological polar surface area (TPSA) is 90.3 Å². The lowest BCUT2D eigenvalue weighted by atomic mass is 10.1. The van der Waals surface area contributed by atoms with Crippen molar-refractivity contribution in [2.45, 2.75) is 32.4 Å². The highest BCUT2D eigenvalue weighted by molar-refractivity contribution is 6.02. The summed E-state index contributed by atoms with van der Waals surface area (Å²) in [6.07, 6.45) is 1.60. The minimum atomic E-state index is -0.661. The predicted molar refractivity (Wildman–Crippen MR) is 110 cm³/mol. The molecule has 3 rings (SSSR count). The maximum atomic E-state index is 12.7. The number of carbonyl (C=O) groups is 2. The molecule has 1 N–H and O–H groups in total. The van der Waals surface area contributed by atoms with Crippen LogP contribution in [0, 0.1) is 0 Å². The zero-order chi connectivity index (χ0) is 20.8. The standard InChI is InChI=1S/C22H23N3O4/c1-15(12-13-16-8-4-3-5-9-16)23-19(26)14-25-21(27)18-11-7-6-10-17(18)20(24-25)22(28)29-2/h3-11,15H,12-14H2,1-2H3,(H,23,26)/t15-/m0/s1. The van der Waals surface area contributed by atoms with Crippen LogP contribution in [0.25, 0.3) is 10.8 Å². The molecular weight excluding hydrogens is 370 g/mol. The van der Waals surface area contributed by atoms with Crippen molar-refractivity contribution in [3.05, 3.63) is 76.2 Å². The molecule has 1 atom stereocenters. The summed E-state index contributed by atoms with van der Waals surface area (Å²) in [7, 11) is 1.25. The lowest BCUT2D eigenvalue weighted by Gasteiger charge is -2.15. The molecule has 0 aliphatic carbocycles. The number of aromatic nitrogens is 2. The number of esters is 1. The number of nitrogens with zero attached hydrogens (tertiary/aromatic N) is 2. The largest absolute Gasteiger partial charge is 0.464 e. The third-order valence-electron chi connectivity index (χ3n) is 4.66. The molecule has 7 heteroatoms. The summed E-state index contributed by atoms with van der Waals surface area (Å²) in [5.41, 5.74) is 0.775. The molecule has 150 valence electrons. The second kappa shape index (κ2) is 9.14. The summed E-state index contributed by atoms with van der Waals surface area (Å²) in [5, 5.41) is 7.68. The Morgan fingerprint density at radius 1 is 1.07 bits per heavy atom. The van der Waals surface area contributed by atoms with Gasteiger partial charge in [0.2, 0.25) is 5.91 Å². The van der Waals surface area contributed by atoms with E-state index in [0.717, 1.165) is 17.5 Å². The van der Waals surface area contributed by atoms with Gasteiger partial charge >= 0.3 is 5.97 Å². The van der Waals surface area contributed by atoms with Crippen LogP contribution in [0.5, 0.6) is 0 Å². The van der Waals surface area contributed by atoms with E-state index in [-0.39, 0.29) is 24.2 Å². The van der Waals surface area contributed by atoms with E-state index in [2.05, 4.69) is 10.4 Å². The first kappa shape index (κ1) is 20.3. The van der Waals surface area contributed by atoms with Gasteiger partial charge in [-0.2, -0.15) is 5.10 Å². The van der Waals surface area contributed by atoms with E-state index in [0.29, 0.717) is 10.8 Å². The molecule has 1 heterocycles. The molecule has 0 fully saturated rings. The average molecular weight is 393 g/mol. The van der Waals surface area contributed by atoms with E-state index in [1.54, 1.807) is 24.3 Å². The maximum Gasteiger partial charge on any atom is 0.359 e. The fourth-order valence-electron chi connectivity index (χ4n) is 3.15. The summed E-state index contributed by atoms with van der Waals surface area (Å²) >= 11 is 0. The molecule has 0 aliphatic heterocycles. The van der Waals surface area contributed by atoms with Gasteiger partial charge in [-0.3, -0.25) is 9.59 Å². The summed E-state index contributed by atoms with van der Waals surface area (Å²) in [6.45, 7) is 1.64. The van der Waals surface area contributed by atoms with Crippen molar-refractivity contribution in [3.63, 3.8) is 0 Å². The van der Waals surface area contributed by atoms with Gasteiger partial charge in [-0.25, -0.2) is 9.48 Å². The van der Waals surface area contributed by atoms with Gasteiger partial charge in [0, 0.05) is 11.4 Å². The Hall–Kier alpha value is -3.48. The lowest BCUT2D eigenvalue weighted by molar-refractivity contribution is -0.122. The van der Waals surface area contributed by atoms with E-state index in [4.69, 9.17) is 4.74 Å². The highest BCUT2D eigenvalue weighted by Gasteiger charge is 2.18. The molecule has 29 heavy (non-hydrogen) atoms. The van der Waals surface area contributed by atoms with Crippen LogP contribution in [-0.4, -0.2) is 34.8 Å². The first-order valence-corrected chi connectivity index (χ1v) is 9.41. The molecule has 0 radical (unpaired) electrons. The minimum Gasteiger partial charge on any atom is -0.464 e. The average Bonchev–Trinajstić information content (AvgIpc) is 2.74. The van der Waals surface area contributed by atoms with Gasteiger partial charge in [-0.15, -0.1) is 0 Å². The van der Waals surface area contributed by atoms with Gasteiger partial charge in [0.15, 0.2) is 5.69 Å². The number of methoxy groups -OCH3 is 1. The summed E-state index contributed by atoms with van der Waals surface area (Å²) < 4.78 is 5.77. The maximum absolute atomic E-state index is 12.7. The highest BCUT2D eigenvalue weighted by atomic mass is 16.5. The molecule has 0 aliphatic rings. The number of hydrogen-bond acceptors (Lipinski definition) is 5. The van der Waals surface area contributed by atoms with Crippen LogP contribution in [0.1, 0.15) is 29.4 Å². The van der Waals surface area contributed by atoms with E-state index >= 15 is 0 Å². The van der Waals surface area contributed by atoms with Gasteiger partial charge in [0.05, 0.1) is 12.5 Å². The molecule has 1 amide bonds. The van der Waals surface area contributed by atoms with E-state index in [1.165, 1.54) is 12.7 Å². The van der Waals surface area contributed by atoms with Gasteiger partial charge in [0.25, 0.3) is 5.56 Å². The van der Waals surface area contributed by atoms with Crippen molar-refractivity contribution in [1.82, 2.24) is 15.1 Å². The Morgan fingerprint density at radius 2 is 1.72 bits per heavy atom. The third-order valence-corrected chi connectivity index (χ3v) is 4.66. The smallest absolute Gasteiger partial charge is 0.359 e. The van der Waals surface area contributed by atoms with Crippen molar-refractivity contribution in [1.29, 1.82) is 0 Å². The lowest BCUT2D eigenvalue weighted by Crippen LogP contribution is -2.39. The molecule has 0 spiro atoms. The van der Waals surface area contributed by atoms with Crippen LogP contribution in [0.2, 0.25) is 0 Å². The number of carbonyl (C=O) groups excluding carboxylic acids is 2. The van der Waals surface area contributed by atoms with Crippen molar-refractivity contribution in [3.8, 4) is 0 Å². The van der Waals surface area contributed by atoms with E-state index < -0.39 is 11.5 Å². The Kier molecular flexibility index (Phi) is 6.39. The summed E-state index contributed by atoms with van der Waals surface area (Å²) in [6, 6.07) is 16.6. The summed E-state index contributed by atoms with van der Waals surface area (Å²) in [4.78, 5) is 37.2. The van der Waals surface area contributed by atoms with Crippen LogP contribution in [-0.2, 0) is 22.5 Å². The third kappa shape index (κ3) is 4.87. The quantitative estimate of drug-likeness (QED) is 0.622. The monoisotopic (exact) mass is 393 g/mol. The number of ether oxygens (including phenoxy) is 1. The van der Waals surface area contributed by atoms with Gasteiger partial charge in [-0.05, 0) is 31.4 Å². The Morgan fingerprint density at radius 3 is 2.41 bits per heavy atom. The van der Waals surface area contributed by atoms with Gasteiger partial charge in [-0.1, -0.05) is 48.5 Å². The molecule has 0 unspecified atom stereocenters. The number of rotatable bonds is 7. The second-order valence-electron chi connectivity index (χ2n) is 6.84. The number of fused-ring (bicyclic) bond motifs is 1. The predicted octanol–water partition coefficient (Wildman–Crippen LogP) is 2.32. The van der Waals surface area contributed by atoms with Crippen LogP contribution < -0.4 is 10.9 Å². The Bertz CT molecular complexity index is 1080. The first-order valence-electron chi connectivity index (χ1n) is 9.41. The van der Waals surface area contributed by atoms with Crippen LogP contribution in [0.15, 0.2) is 59.4 Å². The molecule has 7 nitrogen and oxygen atoms in total. The number of nitrogens with one attached hydrogen (secondary N) is 1. The molecule has 3 aromatic rings. The Labute approximate surface area is 168 Å². The molecule has 2 aromatic carbocycles. The first-order chi connectivity index (χ1) is 14.0. The van der Waals surface area contributed by atoms with Crippen molar-refractivity contribution in [2.75, 3.05) is 7.11 Å². The number of amides is 1. The van der Waals surface area contributed by atoms with E-state index in [9.17, 15) is 14.4 Å². The van der Waals surface area contributed by atoms with Crippen LogP contribution >= 0.6 is 0 Å². The SMILES string of the molecule is COC(=O)c1nn(CC(=O)N[C@@H](C)CCc2ccccc2)c(=O)c2ccccc12. The van der Waals surface area contributed by atoms with Crippen LogP contribution in [0.4, 0.5) is 0 Å². The number of aryl methyl sites for hydroxylation is 1. The normalized spacial score (nSPS) is 11.8. The van der Waals surface area contributed by atoms with E-state index in [1.807, 2.05) is 37.3 Å². The molecule has 0 saturated heterocycles. The van der Waals surface area contributed by atoms with Crippen molar-refractivity contribution in [2.24, 2.45) is 0 Å². The van der Waals surface area contributed by atoms with Crippen LogP contribution in [0.3, 0.4) is 0 Å². The highest BCUT2D eigenvalue weighted by Crippen LogP contribution is 2.14. The zero-order valence-electron chi connectivity index (χ0n) is 16.4. The van der Waals surface area contributed by atoms with Gasteiger partial charge < -0.3 is 10.1 Å². The molecule has 0 bridgehead atoms. The van der Waals surface area contributed by atoms with Crippen molar-refractivity contribution >= 4 is 22.6 Å². The molecular formula is C22H23N3O4. The number of hydrogen-bond donors (Lipinski definition) is 1. The molecule has 0 saturated carbocycles. The second-order valence-corrected chi connectivity index (χ2v) is 6.84. The minimum absolute atomic E-state index is 0.00706. The number of benzene rings is 2.